The van der Waals surface area contributed by atoms with Crippen LogP contribution in [0.2, 0.25) is 10.0 Å². The third-order valence-electron chi connectivity index (χ3n) is 6.39. The third kappa shape index (κ3) is 8.45. The fourth-order valence-electron chi connectivity index (χ4n) is 4.34. The molecule has 0 bridgehead atoms. The van der Waals surface area contributed by atoms with Crippen LogP contribution in [0.25, 0.3) is 0 Å². The summed E-state index contributed by atoms with van der Waals surface area (Å²) in [5, 5.41) is 24.3. The molecule has 9 nitrogen and oxygen atoms in total. The number of carbonyl (C=O) groups excluding carboxylic acids is 3. The highest BCUT2D eigenvalue weighted by molar-refractivity contribution is 14.1. The largest absolute Gasteiger partial charge is 0.493 e. The zero-order valence-electron chi connectivity index (χ0n) is 22.5. The maximum atomic E-state index is 13.5. The highest BCUT2D eigenvalue weighted by Gasteiger charge is 2.40. The van der Waals surface area contributed by atoms with Gasteiger partial charge in [0.1, 0.15) is 18.5 Å². The smallest absolute Gasteiger partial charge is 0.247 e. The van der Waals surface area contributed by atoms with Gasteiger partial charge in [-0.05, 0) is 71.0 Å². The van der Waals surface area contributed by atoms with E-state index in [9.17, 15) is 24.6 Å². The molecule has 0 spiro atoms. The molecule has 0 heterocycles. The summed E-state index contributed by atoms with van der Waals surface area (Å²) < 4.78 is 12.2. The van der Waals surface area contributed by atoms with E-state index in [1.807, 2.05) is 29.5 Å². The minimum absolute atomic E-state index is 0.00745. The average Bonchev–Trinajstić information content (AvgIpc) is 2.96. The van der Waals surface area contributed by atoms with E-state index in [0.717, 1.165) is 0 Å². The highest BCUT2D eigenvalue weighted by atomic mass is 127. The van der Waals surface area contributed by atoms with E-state index in [4.69, 9.17) is 32.7 Å². The van der Waals surface area contributed by atoms with E-state index in [1.54, 1.807) is 30.3 Å². The molecule has 3 rings (SSSR count). The van der Waals surface area contributed by atoms with Crippen LogP contribution >= 0.6 is 45.8 Å². The predicted molar refractivity (Wildman–Crippen MR) is 165 cm³/mol. The number of hydrogen-bond donors (Lipinski definition) is 3. The van der Waals surface area contributed by atoms with Crippen LogP contribution in [0.15, 0.2) is 54.1 Å². The lowest BCUT2D eigenvalue weighted by atomic mass is 9.87. The second-order valence-corrected chi connectivity index (χ2v) is 11.2. The SMILES string of the molecule is CCC=CC(=O)N(Cc1ccc(Cl)cc1Cl)[C@@H]1CC(C(=O)NCCO)=C[C@H](Oc2c(I)cc(C=O)cc2OC)[C@H]1O. The van der Waals surface area contributed by atoms with Crippen molar-refractivity contribution in [3.05, 3.63) is 78.9 Å². The number of nitrogens with zero attached hydrogens (tertiary/aromatic N) is 1. The topological polar surface area (TPSA) is 125 Å². The summed E-state index contributed by atoms with van der Waals surface area (Å²) in [5.74, 6) is -0.331. The van der Waals surface area contributed by atoms with Crippen molar-refractivity contribution < 1.29 is 34.1 Å². The predicted octanol–water partition coefficient (Wildman–Crippen LogP) is 4.33. The third-order valence-corrected chi connectivity index (χ3v) is 7.78. The number of halogens is 3. The average molecular weight is 717 g/mol. The van der Waals surface area contributed by atoms with Crippen LogP contribution in [0, 0.1) is 3.57 Å². The summed E-state index contributed by atoms with van der Waals surface area (Å²) in [6.45, 7) is 1.68. The van der Waals surface area contributed by atoms with E-state index in [2.05, 4.69) is 5.32 Å². The van der Waals surface area contributed by atoms with Gasteiger partial charge in [-0.25, -0.2) is 0 Å². The number of aliphatic hydroxyl groups is 2. The first kappa shape index (κ1) is 32.9. The lowest BCUT2D eigenvalue weighted by molar-refractivity contribution is -0.134. The molecule has 2 aromatic rings. The van der Waals surface area contributed by atoms with Gasteiger partial charge >= 0.3 is 0 Å². The molecule has 3 N–H and O–H groups in total. The van der Waals surface area contributed by atoms with E-state index in [-0.39, 0.29) is 49.1 Å². The Bertz CT molecular complexity index is 1330. The van der Waals surface area contributed by atoms with E-state index < -0.39 is 24.2 Å². The molecule has 1 aliphatic carbocycles. The normalized spacial score (nSPS) is 18.5. The molecule has 2 amide bonds. The first-order valence-electron chi connectivity index (χ1n) is 12.8. The summed E-state index contributed by atoms with van der Waals surface area (Å²) in [7, 11) is 1.42. The van der Waals surface area contributed by atoms with E-state index in [1.165, 1.54) is 30.2 Å². The Morgan fingerprint density at radius 2 is 2.00 bits per heavy atom. The Morgan fingerprint density at radius 1 is 1.24 bits per heavy atom. The van der Waals surface area contributed by atoms with Crippen LogP contribution in [0.3, 0.4) is 0 Å². The molecule has 0 unspecified atom stereocenters. The number of hydrogen-bond acceptors (Lipinski definition) is 7. The van der Waals surface area contributed by atoms with Gasteiger partial charge in [0.25, 0.3) is 0 Å². The lowest BCUT2D eigenvalue weighted by Gasteiger charge is -2.40. The summed E-state index contributed by atoms with van der Waals surface area (Å²) in [6.07, 6.45) is 3.56. The summed E-state index contributed by atoms with van der Waals surface area (Å²) >= 11 is 14.5. The van der Waals surface area contributed by atoms with Gasteiger partial charge in [0.15, 0.2) is 11.5 Å². The molecular weight excluding hydrogens is 686 g/mol. The van der Waals surface area contributed by atoms with Crippen LogP contribution in [0.5, 0.6) is 11.5 Å². The molecule has 0 radical (unpaired) electrons. The molecule has 220 valence electrons. The van der Waals surface area contributed by atoms with Gasteiger partial charge in [0.05, 0.1) is 23.3 Å². The van der Waals surface area contributed by atoms with Gasteiger partial charge in [0.2, 0.25) is 11.8 Å². The van der Waals surface area contributed by atoms with Crippen molar-refractivity contribution in [3.63, 3.8) is 0 Å². The monoisotopic (exact) mass is 716 g/mol. The van der Waals surface area contributed by atoms with Gasteiger partial charge in [-0.1, -0.05) is 42.3 Å². The number of allylic oxidation sites excluding steroid dienone is 1. The number of carbonyl (C=O) groups is 3. The number of rotatable bonds is 12. The molecule has 0 aromatic heterocycles. The molecule has 0 aliphatic heterocycles. The number of methoxy groups -OCH3 is 1. The van der Waals surface area contributed by atoms with Crippen molar-refractivity contribution in [2.24, 2.45) is 0 Å². The van der Waals surface area contributed by atoms with Crippen LogP contribution in [0.1, 0.15) is 35.7 Å². The van der Waals surface area contributed by atoms with E-state index in [0.29, 0.717) is 37.4 Å². The van der Waals surface area contributed by atoms with Crippen molar-refractivity contribution in [1.82, 2.24) is 10.2 Å². The van der Waals surface area contributed by atoms with Gasteiger partial charge in [0, 0.05) is 40.7 Å². The maximum absolute atomic E-state index is 13.5. The second kappa shape index (κ2) is 15.5. The molecule has 0 saturated heterocycles. The minimum Gasteiger partial charge on any atom is -0.493 e. The quantitative estimate of drug-likeness (QED) is 0.170. The Morgan fingerprint density at radius 3 is 2.63 bits per heavy atom. The number of nitrogens with one attached hydrogen (secondary N) is 1. The van der Waals surface area contributed by atoms with Gasteiger partial charge in [-0.2, -0.15) is 0 Å². The zero-order valence-corrected chi connectivity index (χ0v) is 26.1. The number of aldehydes is 1. The number of amides is 2. The fourth-order valence-corrected chi connectivity index (χ4v) is 5.57. The van der Waals surface area contributed by atoms with Crippen molar-refractivity contribution in [3.8, 4) is 11.5 Å². The Hall–Kier alpha value is -2.64. The second-order valence-electron chi connectivity index (χ2n) is 9.18. The summed E-state index contributed by atoms with van der Waals surface area (Å²) in [6, 6.07) is 7.12. The van der Waals surface area contributed by atoms with Crippen LogP contribution in [-0.2, 0) is 16.1 Å². The Balaban J connectivity index is 2.08. The van der Waals surface area contributed by atoms with Crippen molar-refractivity contribution in [2.45, 2.75) is 44.6 Å². The van der Waals surface area contributed by atoms with Crippen molar-refractivity contribution in [1.29, 1.82) is 0 Å². The Labute approximate surface area is 262 Å². The number of aliphatic hydroxyl groups excluding tert-OH is 2. The molecule has 1 aliphatic rings. The van der Waals surface area contributed by atoms with Crippen LogP contribution in [-0.4, -0.2) is 71.7 Å². The maximum Gasteiger partial charge on any atom is 0.247 e. The molecule has 3 atom stereocenters. The van der Waals surface area contributed by atoms with Gasteiger partial charge < -0.3 is 29.9 Å². The van der Waals surface area contributed by atoms with Gasteiger partial charge in [-0.15, -0.1) is 0 Å². The molecule has 12 heteroatoms. The van der Waals surface area contributed by atoms with E-state index >= 15 is 0 Å². The number of ether oxygens (including phenoxy) is 2. The highest BCUT2D eigenvalue weighted by Crippen LogP contribution is 2.37. The van der Waals surface area contributed by atoms with Crippen molar-refractivity contribution >= 4 is 63.9 Å². The fraction of sp³-hybridized carbons (Fsp3) is 0.345. The zero-order chi connectivity index (χ0) is 30.1. The summed E-state index contributed by atoms with van der Waals surface area (Å²) in [4.78, 5) is 39.3. The molecule has 41 heavy (non-hydrogen) atoms. The lowest BCUT2D eigenvalue weighted by Crippen LogP contribution is -2.54. The Kier molecular flexibility index (Phi) is 12.5. The minimum atomic E-state index is -1.28. The van der Waals surface area contributed by atoms with Crippen molar-refractivity contribution in [2.75, 3.05) is 20.3 Å². The molecular formula is C29H31Cl2IN2O7. The van der Waals surface area contributed by atoms with Gasteiger partial charge in [-0.3, -0.25) is 14.4 Å². The molecule has 2 aromatic carbocycles. The molecule has 0 fully saturated rings. The summed E-state index contributed by atoms with van der Waals surface area (Å²) in [5.41, 5.74) is 1.23. The van der Waals surface area contributed by atoms with Crippen LogP contribution in [0.4, 0.5) is 0 Å². The first-order valence-corrected chi connectivity index (χ1v) is 14.6. The number of benzene rings is 2. The molecule has 0 saturated carbocycles. The standard InChI is InChI=1S/C29H31Cl2IN2O7/c1-3-4-5-26(37)34(15-18-6-7-20(30)14-21(18)31)23-12-19(29(39)33-8-9-35)13-24(27(23)38)41-28-22(32)10-17(16-36)11-25(28)40-2/h4-7,10-11,13-14,16,23-24,27,35,38H,3,8-9,12,15H2,1-2H3,(H,33,39)/t23-,24+,27+/m1/s1. The van der Waals surface area contributed by atoms with Crippen LogP contribution < -0.4 is 14.8 Å². The first-order chi connectivity index (χ1) is 19.6.